The van der Waals surface area contributed by atoms with Gasteiger partial charge >= 0.3 is 0 Å². The van der Waals surface area contributed by atoms with Gasteiger partial charge in [-0.25, -0.2) is 14.7 Å². The minimum atomic E-state index is -0.884. The SMILES string of the molecule is NOCCCNC(=O)C1NCCc2c1ccc(F)c2F. The molecule has 0 spiro atoms. The standard InChI is InChI=1S/C13H17F2N3O2/c14-10-3-2-9-8(11(10)15)4-6-17-12(9)13(19)18-5-1-7-20-16/h2-3,12,17H,1,4-7,16H2,(H,18,19). The topological polar surface area (TPSA) is 76.4 Å². The lowest BCUT2D eigenvalue weighted by atomic mass is 9.93. The first kappa shape index (κ1) is 14.8. The summed E-state index contributed by atoms with van der Waals surface area (Å²) >= 11 is 0. The van der Waals surface area contributed by atoms with Crippen molar-refractivity contribution >= 4 is 5.91 Å². The smallest absolute Gasteiger partial charge is 0.241 e. The van der Waals surface area contributed by atoms with E-state index in [9.17, 15) is 13.6 Å². The molecule has 4 N–H and O–H groups in total. The van der Waals surface area contributed by atoms with Crippen LogP contribution in [0.1, 0.15) is 23.6 Å². The zero-order valence-electron chi connectivity index (χ0n) is 10.9. The summed E-state index contributed by atoms with van der Waals surface area (Å²) in [6, 6.07) is 1.84. The van der Waals surface area contributed by atoms with Crippen LogP contribution in [0.5, 0.6) is 0 Å². The van der Waals surface area contributed by atoms with Gasteiger partial charge in [0.2, 0.25) is 5.91 Å². The van der Waals surface area contributed by atoms with Crippen LogP contribution in [0.2, 0.25) is 0 Å². The van der Waals surface area contributed by atoms with Crippen molar-refractivity contribution in [2.45, 2.75) is 18.9 Å². The molecule has 0 saturated heterocycles. The number of nitrogens with two attached hydrogens (primary N) is 1. The lowest BCUT2D eigenvalue weighted by Crippen LogP contribution is -2.42. The van der Waals surface area contributed by atoms with E-state index in [1.54, 1.807) is 0 Å². The number of carbonyl (C=O) groups excluding carboxylic acids is 1. The van der Waals surface area contributed by atoms with Gasteiger partial charge in [0, 0.05) is 13.1 Å². The molecule has 0 radical (unpaired) electrons. The molecule has 110 valence electrons. The lowest BCUT2D eigenvalue weighted by molar-refractivity contribution is -0.123. The number of rotatable bonds is 5. The second-order valence-electron chi connectivity index (χ2n) is 4.58. The fraction of sp³-hybridized carbons (Fsp3) is 0.462. The van der Waals surface area contributed by atoms with Gasteiger partial charge in [0.05, 0.1) is 6.61 Å². The van der Waals surface area contributed by atoms with Crippen molar-refractivity contribution in [3.63, 3.8) is 0 Å². The third-order valence-corrected chi connectivity index (χ3v) is 3.27. The second kappa shape index (κ2) is 6.74. The molecule has 1 heterocycles. The summed E-state index contributed by atoms with van der Waals surface area (Å²) in [4.78, 5) is 16.5. The first-order chi connectivity index (χ1) is 9.65. The zero-order chi connectivity index (χ0) is 14.5. The molecule has 0 bridgehead atoms. The Morgan fingerprint density at radius 2 is 2.30 bits per heavy atom. The second-order valence-corrected chi connectivity index (χ2v) is 4.58. The number of amides is 1. The van der Waals surface area contributed by atoms with Gasteiger partial charge in [0.1, 0.15) is 6.04 Å². The molecule has 1 aromatic carbocycles. The monoisotopic (exact) mass is 285 g/mol. The molecule has 1 unspecified atom stereocenters. The number of hydrogen-bond acceptors (Lipinski definition) is 4. The maximum atomic E-state index is 13.7. The lowest BCUT2D eigenvalue weighted by Gasteiger charge is -2.26. The Bertz CT molecular complexity index is 497. The van der Waals surface area contributed by atoms with Crippen molar-refractivity contribution < 1.29 is 18.4 Å². The predicted octanol–water partition coefficient (Wildman–Crippen LogP) is 0.548. The van der Waals surface area contributed by atoms with Gasteiger partial charge in [-0.2, -0.15) is 0 Å². The summed E-state index contributed by atoms with van der Waals surface area (Å²) in [5.74, 6) is 2.86. The summed E-state index contributed by atoms with van der Waals surface area (Å²) in [5, 5.41) is 5.71. The van der Waals surface area contributed by atoms with Gasteiger partial charge in [0.25, 0.3) is 0 Å². The number of fused-ring (bicyclic) bond motifs is 1. The molecule has 1 atom stereocenters. The van der Waals surface area contributed by atoms with Crippen LogP contribution in [-0.2, 0) is 16.1 Å². The summed E-state index contributed by atoms with van der Waals surface area (Å²) in [5.41, 5.74) is 0.761. The van der Waals surface area contributed by atoms with Crippen LogP contribution in [0.15, 0.2) is 12.1 Å². The van der Waals surface area contributed by atoms with Crippen LogP contribution in [0.25, 0.3) is 0 Å². The van der Waals surface area contributed by atoms with E-state index in [2.05, 4.69) is 15.5 Å². The van der Waals surface area contributed by atoms with Gasteiger partial charge in [0.15, 0.2) is 11.6 Å². The molecule has 1 aliphatic rings. The molecule has 20 heavy (non-hydrogen) atoms. The summed E-state index contributed by atoms with van der Waals surface area (Å²) in [6.45, 7) is 1.18. The van der Waals surface area contributed by atoms with Crippen molar-refractivity contribution in [3.05, 3.63) is 34.9 Å². The normalized spacial score (nSPS) is 17.6. The van der Waals surface area contributed by atoms with Gasteiger partial charge in [-0.15, -0.1) is 0 Å². The number of hydrogen-bond donors (Lipinski definition) is 3. The Balaban J connectivity index is 2.08. The Kier molecular flexibility index (Phi) is 4.99. The number of nitrogens with one attached hydrogen (secondary N) is 2. The molecule has 5 nitrogen and oxygen atoms in total. The van der Waals surface area contributed by atoms with Crippen LogP contribution in [0.4, 0.5) is 8.78 Å². The fourth-order valence-corrected chi connectivity index (χ4v) is 2.29. The highest BCUT2D eigenvalue weighted by molar-refractivity contribution is 5.83. The van der Waals surface area contributed by atoms with Crippen LogP contribution in [0, 0.1) is 11.6 Å². The van der Waals surface area contributed by atoms with Crippen molar-refractivity contribution in [3.8, 4) is 0 Å². The maximum Gasteiger partial charge on any atom is 0.241 e. The first-order valence-corrected chi connectivity index (χ1v) is 6.44. The van der Waals surface area contributed by atoms with E-state index in [1.165, 1.54) is 6.07 Å². The number of benzene rings is 1. The molecule has 7 heteroatoms. The Morgan fingerprint density at radius 3 is 3.05 bits per heavy atom. The third-order valence-electron chi connectivity index (χ3n) is 3.27. The van der Waals surface area contributed by atoms with E-state index in [4.69, 9.17) is 5.90 Å². The quantitative estimate of drug-likeness (QED) is 0.545. The average molecular weight is 285 g/mol. The fourth-order valence-electron chi connectivity index (χ4n) is 2.29. The molecule has 0 saturated carbocycles. The summed E-state index contributed by atoms with van der Waals surface area (Å²) in [7, 11) is 0. The molecule has 1 aromatic rings. The molecular weight excluding hydrogens is 268 g/mol. The minimum absolute atomic E-state index is 0.269. The highest BCUT2D eigenvalue weighted by Crippen LogP contribution is 2.26. The number of halogens is 2. The zero-order valence-corrected chi connectivity index (χ0v) is 10.9. The first-order valence-electron chi connectivity index (χ1n) is 6.44. The highest BCUT2D eigenvalue weighted by Gasteiger charge is 2.28. The van der Waals surface area contributed by atoms with Crippen LogP contribution < -0.4 is 16.5 Å². The minimum Gasteiger partial charge on any atom is -0.354 e. The molecule has 2 rings (SSSR count). The van der Waals surface area contributed by atoms with Crippen molar-refractivity contribution in [2.75, 3.05) is 19.7 Å². The van der Waals surface area contributed by atoms with Gasteiger partial charge in [-0.3, -0.25) is 4.79 Å². The third kappa shape index (κ3) is 3.12. The molecule has 1 aliphatic heterocycles. The van der Waals surface area contributed by atoms with E-state index in [0.717, 1.165) is 6.07 Å². The number of carbonyl (C=O) groups is 1. The Morgan fingerprint density at radius 1 is 1.50 bits per heavy atom. The highest BCUT2D eigenvalue weighted by atomic mass is 19.2. The van der Waals surface area contributed by atoms with Gasteiger partial charge in [-0.1, -0.05) is 6.07 Å². The molecule has 0 aromatic heterocycles. The van der Waals surface area contributed by atoms with E-state index < -0.39 is 17.7 Å². The van der Waals surface area contributed by atoms with Crippen molar-refractivity contribution in [1.82, 2.24) is 10.6 Å². The molecule has 1 amide bonds. The van der Waals surface area contributed by atoms with Gasteiger partial charge in [-0.05, 0) is 30.0 Å². The average Bonchev–Trinajstić information content (AvgIpc) is 2.47. The van der Waals surface area contributed by atoms with E-state index in [-0.39, 0.29) is 11.5 Å². The van der Waals surface area contributed by atoms with Crippen LogP contribution in [0.3, 0.4) is 0 Å². The van der Waals surface area contributed by atoms with E-state index in [0.29, 0.717) is 38.1 Å². The van der Waals surface area contributed by atoms with Gasteiger partial charge < -0.3 is 15.5 Å². The maximum absolute atomic E-state index is 13.7. The molecule has 0 aliphatic carbocycles. The van der Waals surface area contributed by atoms with Crippen LogP contribution >= 0.6 is 0 Å². The molecule has 0 fully saturated rings. The van der Waals surface area contributed by atoms with E-state index >= 15 is 0 Å². The summed E-state index contributed by atoms with van der Waals surface area (Å²) in [6.07, 6.45) is 0.948. The Labute approximate surface area is 115 Å². The van der Waals surface area contributed by atoms with E-state index in [1.807, 2.05) is 0 Å². The largest absolute Gasteiger partial charge is 0.354 e. The predicted molar refractivity (Wildman–Crippen MR) is 68.6 cm³/mol. The molecular formula is C13H17F2N3O2. The summed E-state index contributed by atoms with van der Waals surface area (Å²) < 4.78 is 26.9. The van der Waals surface area contributed by atoms with Crippen molar-refractivity contribution in [1.29, 1.82) is 0 Å². The van der Waals surface area contributed by atoms with Crippen LogP contribution in [-0.4, -0.2) is 25.6 Å². The Hall–Kier alpha value is -1.57. The van der Waals surface area contributed by atoms with Crippen molar-refractivity contribution in [2.24, 2.45) is 5.90 Å².